The Morgan fingerprint density at radius 3 is 2.19 bits per heavy atom. The lowest BCUT2D eigenvalue weighted by Crippen LogP contribution is -2.16. The molecular formula is C14H11BrF2N2O2. The molecule has 0 fully saturated rings. The van der Waals surface area contributed by atoms with Crippen molar-refractivity contribution in [2.45, 2.75) is 0 Å². The Hall–Kier alpha value is -2.02. The normalized spacial score (nSPS) is 13.1. The molecule has 7 heteroatoms. The van der Waals surface area contributed by atoms with E-state index in [9.17, 15) is 8.78 Å². The van der Waals surface area contributed by atoms with Crippen molar-refractivity contribution in [3.8, 4) is 11.5 Å². The number of halogens is 3. The third-order valence-corrected chi connectivity index (χ3v) is 3.44. The van der Waals surface area contributed by atoms with Gasteiger partial charge >= 0.3 is 0 Å². The lowest BCUT2D eigenvalue weighted by atomic mass is 10.2. The standard InChI is InChI=1S/C14H11BrF2N2O2/c15-7-3-8(16)14(9(17)4-7)19-11-6-13-12(5-10(11)18)20-1-2-21-13/h3-6,19H,1-2,18H2. The molecule has 2 aromatic rings. The SMILES string of the molecule is Nc1cc2c(cc1Nc1c(F)cc(Br)cc1F)OCCO2. The van der Waals surface area contributed by atoms with Crippen molar-refractivity contribution in [1.82, 2.24) is 0 Å². The van der Waals surface area contributed by atoms with Gasteiger partial charge in [0.05, 0.1) is 11.4 Å². The zero-order valence-electron chi connectivity index (χ0n) is 10.8. The molecule has 4 nitrogen and oxygen atoms in total. The van der Waals surface area contributed by atoms with E-state index in [1.54, 1.807) is 12.1 Å². The number of nitrogens with one attached hydrogen (secondary N) is 1. The molecule has 3 N–H and O–H groups in total. The molecule has 0 saturated carbocycles. The number of rotatable bonds is 2. The summed E-state index contributed by atoms with van der Waals surface area (Å²) in [5.41, 5.74) is 6.25. The molecule has 0 spiro atoms. The van der Waals surface area contributed by atoms with Crippen LogP contribution in [-0.2, 0) is 0 Å². The molecule has 0 aromatic heterocycles. The first-order chi connectivity index (χ1) is 10.0. The van der Waals surface area contributed by atoms with Gasteiger partial charge in [-0.1, -0.05) is 15.9 Å². The van der Waals surface area contributed by atoms with Crippen LogP contribution in [-0.4, -0.2) is 13.2 Å². The van der Waals surface area contributed by atoms with E-state index in [-0.39, 0.29) is 5.69 Å². The second-order valence-electron chi connectivity index (χ2n) is 4.45. The molecule has 0 unspecified atom stereocenters. The minimum absolute atomic E-state index is 0.276. The zero-order valence-corrected chi connectivity index (χ0v) is 12.3. The summed E-state index contributed by atoms with van der Waals surface area (Å²) in [7, 11) is 0. The summed E-state index contributed by atoms with van der Waals surface area (Å²) in [5, 5.41) is 2.65. The molecule has 3 rings (SSSR count). The van der Waals surface area contributed by atoms with Crippen molar-refractivity contribution in [2.24, 2.45) is 0 Å². The van der Waals surface area contributed by atoms with Gasteiger partial charge in [0.25, 0.3) is 0 Å². The number of ether oxygens (including phenoxy) is 2. The number of anilines is 3. The van der Waals surface area contributed by atoms with Crippen LogP contribution in [0.2, 0.25) is 0 Å². The van der Waals surface area contributed by atoms with Gasteiger partial charge < -0.3 is 20.5 Å². The lowest BCUT2D eigenvalue weighted by molar-refractivity contribution is 0.172. The van der Waals surface area contributed by atoms with Crippen LogP contribution in [0.1, 0.15) is 0 Å². The average molecular weight is 357 g/mol. The Kier molecular flexibility index (Phi) is 3.59. The third-order valence-electron chi connectivity index (χ3n) is 2.98. The zero-order chi connectivity index (χ0) is 15.0. The Labute approximate surface area is 128 Å². The molecule has 0 radical (unpaired) electrons. The molecule has 0 bridgehead atoms. The smallest absolute Gasteiger partial charge is 0.163 e. The van der Waals surface area contributed by atoms with Crippen molar-refractivity contribution >= 4 is 33.0 Å². The van der Waals surface area contributed by atoms with Gasteiger partial charge in [0.2, 0.25) is 0 Å². The van der Waals surface area contributed by atoms with Gasteiger partial charge in [-0.05, 0) is 12.1 Å². The highest BCUT2D eigenvalue weighted by atomic mass is 79.9. The summed E-state index contributed by atoms with van der Waals surface area (Å²) in [6.07, 6.45) is 0. The number of hydrogen-bond donors (Lipinski definition) is 2. The van der Waals surface area contributed by atoms with E-state index in [4.69, 9.17) is 15.2 Å². The van der Waals surface area contributed by atoms with Crippen LogP contribution in [0.3, 0.4) is 0 Å². The van der Waals surface area contributed by atoms with E-state index in [1.165, 1.54) is 12.1 Å². The fourth-order valence-corrected chi connectivity index (χ4v) is 2.41. The van der Waals surface area contributed by atoms with Crippen LogP contribution in [0.25, 0.3) is 0 Å². The molecule has 110 valence electrons. The van der Waals surface area contributed by atoms with Gasteiger partial charge in [-0.15, -0.1) is 0 Å². The van der Waals surface area contributed by atoms with Gasteiger partial charge in [-0.3, -0.25) is 0 Å². The summed E-state index contributed by atoms with van der Waals surface area (Å²) < 4.78 is 38.8. The maximum atomic E-state index is 13.8. The van der Waals surface area contributed by atoms with Crippen molar-refractivity contribution in [2.75, 3.05) is 24.3 Å². The van der Waals surface area contributed by atoms with Crippen LogP contribution in [0.15, 0.2) is 28.7 Å². The van der Waals surface area contributed by atoms with Crippen molar-refractivity contribution in [1.29, 1.82) is 0 Å². The van der Waals surface area contributed by atoms with Gasteiger partial charge in [0, 0.05) is 16.6 Å². The van der Waals surface area contributed by atoms with Gasteiger partial charge in [-0.25, -0.2) is 8.78 Å². The van der Waals surface area contributed by atoms with Gasteiger partial charge in [0.15, 0.2) is 23.1 Å². The molecule has 0 aliphatic carbocycles. The Morgan fingerprint density at radius 2 is 1.57 bits per heavy atom. The number of nitrogens with two attached hydrogens (primary N) is 1. The molecule has 2 aromatic carbocycles. The highest BCUT2D eigenvalue weighted by molar-refractivity contribution is 9.10. The van der Waals surface area contributed by atoms with Crippen LogP contribution >= 0.6 is 15.9 Å². The maximum Gasteiger partial charge on any atom is 0.163 e. The molecule has 0 saturated heterocycles. The predicted molar refractivity (Wildman–Crippen MR) is 79.2 cm³/mol. The molecular weight excluding hydrogens is 346 g/mol. The van der Waals surface area contributed by atoms with E-state index < -0.39 is 11.6 Å². The lowest BCUT2D eigenvalue weighted by Gasteiger charge is -2.20. The molecule has 1 heterocycles. The highest BCUT2D eigenvalue weighted by Crippen LogP contribution is 2.39. The molecule has 0 amide bonds. The first-order valence-electron chi connectivity index (χ1n) is 6.15. The molecule has 21 heavy (non-hydrogen) atoms. The average Bonchev–Trinajstić information content (AvgIpc) is 2.43. The van der Waals surface area contributed by atoms with E-state index in [2.05, 4.69) is 21.2 Å². The monoisotopic (exact) mass is 356 g/mol. The van der Waals surface area contributed by atoms with Crippen LogP contribution in [0.5, 0.6) is 11.5 Å². The van der Waals surface area contributed by atoms with E-state index in [0.717, 1.165) is 0 Å². The summed E-state index contributed by atoms with van der Waals surface area (Å²) in [6.45, 7) is 0.854. The Bertz CT molecular complexity index is 687. The van der Waals surface area contributed by atoms with Gasteiger partial charge in [0.1, 0.15) is 18.9 Å². The Morgan fingerprint density at radius 1 is 1.00 bits per heavy atom. The molecule has 0 atom stereocenters. The summed E-state index contributed by atoms with van der Waals surface area (Å²) >= 11 is 3.03. The number of nitrogen functional groups attached to an aromatic ring is 1. The third kappa shape index (κ3) is 2.73. The minimum Gasteiger partial charge on any atom is -0.486 e. The molecule has 1 aliphatic heterocycles. The number of fused-ring (bicyclic) bond motifs is 1. The topological polar surface area (TPSA) is 56.5 Å². The fraction of sp³-hybridized carbons (Fsp3) is 0.143. The number of benzene rings is 2. The van der Waals surface area contributed by atoms with Crippen LogP contribution < -0.4 is 20.5 Å². The summed E-state index contributed by atoms with van der Waals surface area (Å²) in [5.74, 6) is -0.454. The maximum absolute atomic E-state index is 13.8. The summed E-state index contributed by atoms with van der Waals surface area (Å²) in [6, 6.07) is 5.45. The van der Waals surface area contributed by atoms with Crippen LogP contribution in [0.4, 0.5) is 25.8 Å². The van der Waals surface area contributed by atoms with Crippen molar-refractivity contribution in [3.63, 3.8) is 0 Å². The number of hydrogen-bond acceptors (Lipinski definition) is 4. The van der Waals surface area contributed by atoms with Gasteiger partial charge in [-0.2, -0.15) is 0 Å². The first kappa shape index (κ1) is 13.9. The first-order valence-corrected chi connectivity index (χ1v) is 6.94. The van der Waals surface area contributed by atoms with Crippen LogP contribution in [0, 0.1) is 11.6 Å². The minimum atomic E-state index is -0.726. The molecule has 1 aliphatic rings. The summed E-state index contributed by atoms with van der Waals surface area (Å²) in [4.78, 5) is 0. The van der Waals surface area contributed by atoms with E-state index in [0.29, 0.717) is 40.6 Å². The quantitative estimate of drug-likeness (QED) is 0.803. The highest BCUT2D eigenvalue weighted by Gasteiger charge is 2.17. The second kappa shape index (κ2) is 5.40. The predicted octanol–water partition coefficient (Wildman–Crippen LogP) is 3.82. The van der Waals surface area contributed by atoms with Crippen molar-refractivity contribution < 1.29 is 18.3 Å². The Balaban J connectivity index is 1.99. The van der Waals surface area contributed by atoms with Crippen molar-refractivity contribution in [3.05, 3.63) is 40.4 Å². The largest absolute Gasteiger partial charge is 0.486 e. The second-order valence-corrected chi connectivity index (χ2v) is 5.37. The fourth-order valence-electron chi connectivity index (χ4n) is 2.01. The van der Waals surface area contributed by atoms with E-state index >= 15 is 0 Å². The van der Waals surface area contributed by atoms with E-state index in [1.807, 2.05) is 0 Å².